The average molecular weight is 323 g/mol. The van der Waals surface area contributed by atoms with Crippen LogP contribution in [0.2, 0.25) is 0 Å². The molecule has 5 nitrogen and oxygen atoms in total. The Morgan fingerprint density at radius 3 is 2.58 bits per heavy atom. The monoisotopic (exact) mass is 323 g/mol. The van der Waals surface area contributed by atoms with E-state index in [9.17, 15) is 9.59 Å². The molecule has 1 radical (unpaired) electrons. The summed E-state index contributed by atoms with van der Waals surface area (Å²) in [5, 5.41) is 0. The van der Waals surface area contributed by atoms with Crippen molar-refractivity contribution in [3.8, 4) is 0 Å². The lowest BCUT2D eigenvalue weighted by molar-refractivity contribution is -0.130. The SMILES string of the molecule is COCCC(=O)N(Cc1ccccn1)C([C]=O)=Cc1ccccc1. The highest BCUT2D eigenvalue weighted by atomic mass is 16.5. The topological polar surface area (TPSA) is 59.5 Å². The van der Waals surface area contributed by atoms with Crippen molar-refractivity contribution in [2.24, 2.45) is 0 Å². The van der Waals surface area contributed by atoms with Crippen molar-refractivity contribution >= 4 is 18.3 Å². The van der Waals surface area contributed by atoms with Gasteiger partial charge in [-0.15, -0.1) is 0 Å². The van der Waals surface area contributed by atoms with Gasteiger partial charge in [-0.25, -0.2) is 0 Å². The maximum Gasteiger partial charge on any atom is 0.251 e. The molecule has 1 heterocycles. The number of ether oxygens (including phenoxy) is 1. The number of carbonyl (C=O) groups is 1. The van der Waals surface area contributed by atoms with E-state index in [1.807, 2.05) is 48.8 Å². The summed E-state index contributed by atoms with van der Waals surface area (Å²) in [5.74, 6) is -0.215. The lowest BCUT2D eigenvalue weighted by Gasteiger charge is -2.22. The molecule has 0 saturated carbocycles. The van der Waals surface area contributed by atoms with Gasteiger partial charge in [0.15, 0.2) is 0 Å². The number of pyridine rings is 1. The lowest BCUT2D eigenvalue weighted by atomic mass is 10.1. The Balaban J connectivity index is 2.30. The molecule has 123 valence electrons. The number of hydrogen-bond acceptors (Lipinski definition) is 4. The zero-order chi connectivity index (χ0) is 17.2. The third-order valence-corrected chi connectivity index (χ3v) is 3.37. The number of rotatable bonds is 8. The molecule has 24 heavy (non-hydrogen) atoms. The molecule has 0 aliphatic carbocycles. The zero-order valence-corrected chi connectivity index (χ0v) is 13.5. The van der Waals surface area contributed by atoms with Crippen LogP contribution in [0.1, 0.15) is 17.7 Å². The Morgan fingerprint density at radius 2 is 1.96 bits per heavy atom. The maximum absolute atomic E-state index is 12.5. The molecule has 1 amide bonds. The van der Waals surface area contributed by atoms with Crippen molar-refractivity contribution < 1.29 is 14.3 Å². The molecule has 1 aromatic carbocycles. The largest absolute Gasteiger partial charge is 0.384 e. The van der Waals surface area contributed by atoms with Gasteiger partial charge in [0.1, 0.15) is 0 Å². The predicted molar refractivity (Wildman–Crippen MR) is 91.4 cm³/mol. The predicted octanol–water partition coefficient (Wildman–Crippen LogP) is 2.60. The molecular formula is C19H19N2O3. The summed E-state index contributed by atoms with van der Waals surface area (Å²) in [7, 11) is 1.53. The van der Waals surface area contributed by atoms with Gasteiger partial charge in [-0.3, -0.25) is 14.6 Å². The molecule has 0 saturated heterocycles. The van der Waals surface area contributed by atoms with Crippen LogP contribution >= 0.6 is 0 Å². The minimum Gasteiger partial charge on any atom is -0.384 e. The van der Waals surface area contributed by atoms with Crippen LogP contribution in [-0.4, -0.2) is 35.8 Å². The van der Waals surface area contributed by atoms with Gasteiger partial charge in [0.25, 0.3) is 6.29 Å². The van der Waals surface area contributed by atoms with Crippen molar-refractivity contribution in [1.82, 2.24) is 9.88 Å². The molecular weight excluding hydrogens is 304 g/mol. The number of hydrogen-bond donors (Lipinski definition) is 0. The molecule has 0 aliphatic rings. The van der Waals surface area contributed by atoms with Crippen LogP contribution in [0.15, 0.2) is 60.4 Å². The number of aromatic nitrogens is 1. The first-order valence-electron chi connectivity index (χ1n) is 7.58. The van der Waals surface area contributed by atoms with Gasteiger partial charge in [0.2, 0.25) is 5.91 Å². The van der Waals surface area contributed by atoms with Crippen molar-refractivity contribution in [2.45, 2.75) is 13.0 Å². The first-order valence-corrected chi connectivity index (χ1v) is 7.58. The summed E-state index contributed by atoms with van der Waals surface area (Å²) in [4.78, 5) is 29.6. The smallest absolute Gasteiger partial charge is 0.251 e. The number of methoxy groups -OCH3 is 1. The van der Waals surface area contributed by atoms with E-state index in [1.165, 1.54) is 12.0 Å². The molecule has 1 aromatic heterocycles. The molecule has 2 aromatic rings. The van der Waals surface area contributed by atoms with E-state index in [-0.39, 0.29) is 31.2 Å². The fraction of sp³-hybridized carbons (Fsp3) is 0.211. The van der Waals surface area contributed by atoms with Crippen LogP contribution in [0.3, 0.4) is 0 Å². The van der Waals surface area contributed by atoms with E-state index >= 15 is 0 Å². The highest BCUT2D eigenvalue weighted by Gasteiger charge is 2.19. The zero-order valence-electron chi connectivity index (χ0n) is 13.5. The summed E-state index contributed by atoms with van der Waals surface area (Å²) in [6, 6.07) is 14.8. The maximum atomic E-state index is 12.5. The number of nitrogens with zero attached hydrogens (tertiary/aromatic N) is 2. The van der Waals surface area contributed by atoms with E-state index in [0.717, 1.165) is 5.56 Å². The third kappa shape index (κ3) is 5.14. The molecule has 2 rings (SSSR count). The first-order chi connectivity index (χ1) is 11.7. The lowest BCUT2D eigenvalue weighted by Crippen LogP contribution is -2.31. The third-order valence-electron chi connectivity index (χ3n) is 3.37. The van der Waals surface area contributed by atoms with Crippen LogP contribution < -0.4 is 0 Å². The molecule has 0 fully saturated rings. The van der Waals surface area contributed by atoms with Gasteiger partial charge >= 0.3 is 0 Å². The molecule has 0 unspecified atom stereocenters. The molecule has 0 aliphatic heterocycles. The van der Waals surface area contributed by atoms with Crippen LogP contribution in [0.4, 0.5) is 0 Å². The Kier molecular flexibility index (Phi) is 6.86. The van der Waals surface area contributed by atoms with Crippen molar-refractivity contribution in [1.29, 1.82) is 0 Å². The fourth-order valence-electron chi connectivity index (χ4n) is 2.16. The Morgan fingerprint density at radius 1 is 1.21 bits per heavy atom. The van der Waals surface area contributed by atoms with Crippen LogP contribution in [0.5, 0.6) is 0 Å². The van der Waals surface area contributed by atoms with Crippen molar-refractivity contribution in [3.63, 3.8) is 0 Å². The Labute approximate surface area is 141 Å². The number of benzene rings is 1. The van der Waals surface area contributed by atoms with Gasteiger partial charge in [-0.05, 0) is 23.8 Å². The van der Waals surface area contributed by atoms with E-state index < -0.39 is 0 Å². The van der Waals surface area contributed by atoms with Gasteiger partial charge < -0.3 is 9.64 Å². The molecule has 0 atom stereocenters. The second kappa shape index (κ2) is 9.37. The number of amides is 1. The normalized spacial score (nSPS) is 11.1. The Bertz CT molecular complexity index is 684. The quantitative estimate of drug-likeness (QED) is 0.701. The van der Waals surface area contributed by atoms with Gasteiger partial charge in [-0.1, -0.05) is 36.4 Å². The summed E-state index contributed by atoms with van der Waals surface area (Å²) < 4.78 is 4.96. The van der Waals surface area contributed by atoms with Gasteiger partial charge in [-0.2, -0.15) is 0 Å². The minimum atomic E-state index is -0.215. The van der Waals surface area contributed by atoms with Crippen LogP contribution in [0, 0.1) is 0 Å². The van der Waals surface area contributed by atoms with E-state index in [2.05, 4.69) is 4.98 Å². The van der Waals surface area contributed by atoms with Gasteiger partial charge in [0.05, 0.1) is 31.0 Å². The first kappa shape index (κ1) is 17.6. The second-order valence-electron chi connectivity index (χ2n) is 5.09. The van der Waals surface area contributed by atoms with Crippen molar-refractivity contribution in [3.05, 3.63) is 71.7 Å². The molecule has 5 heteroatoms. The average Bonchev–Trinajstić information content (AvgIpc) is 2.64. The number of allylic oxidation sites excluding steroid dienone is 1. The van der Waals surface area contributed by atoms with E-state index in [4.69, 9.17) is 4.74 Å². The summed E-state index contributed by atoms with van der Waals surface area (Å²) in [5.41, 5.74) is 1.69. The standard InChI is InChI=1S/C19H19N2O3/c1-24-12-10-19(23)21(14-17-9-5-6-11-20-17)18(15-22)13-16-7-3-2-4-8-16/h2-9,11,13H,10,12,14H2,1H3. The summed E-state index contributed by atoms with van der Waals surface area (Å²) in [6.07, 6.45) is 5.34. The van der Waals surface area contributed by atoms with Crippen LogP contribution in [0.25, 0.3) is 6.08 Å². The van der Waals surface area contributed by atoms with Gasteiger partial charge in [0, 0.05) is 13.3 Å². The summed E-state index contributed by atoms with van der Waals surface area (Å²) >= 11 is 0. The van der Waals surface area contributed by atoms with E-state index in [1.54, 1.807) is 18.3 Å². The molecule has 0 spiro atoms. The number of carbonyl (C=O) groups excluding carboxylic acids is 2. The van der Waals surface area contributed by atoms with E-state index in [0.29, 0.717) is 5.69 Å². The highest BCUT2D eigenvalue weighted by molar-refractivity contribution is 5.90. The molecule has 0 N–H and O–H groups in total. The fourth-order valence-corrected chi connectivity index (χ4v) is 2.16. The van der Waals surface area contributed by atoms with Crippen molar-refractivity contribution in [2.75, 3.05) is 13.7 Å². The minimum absolute atomic E-state index is 0.174. The van der Waals surface area contributed by atoms with Crippen LogP contribution in [-0.2, 0) is 20.9 Å². The molecule has 0 bridgehead atoms. The summed E-state index contributed by atoms with van der Waals surface area (Å²) in [6.45, 7) is 0.492. The highest BCUT2D eigenvalue weighted by Crippen LogP contribution is 2.14. The Hall–Kier alpha value is -2.79. The second-order valence-corrected chi connectivity index (χ2v) is 5.09.